The van der Waals surface area contributed by atoms with E-state index in [4.69, 9.17) is 10.5 Å². The summed E-state index contributed by atoms with van der Waals surface area (Å²) >= 11 is 0. The first-order valence-corrected chi connectivity index (χ1v) is 8.72. The molecule has 1 aliphatic heterocycles. The van der Waals surface area contributed by atoms with Gasteiger partial charge >= 0.3 is 0 Å². The van der Waals surface area contributed by atoms with E-state index in [1.165, 1.54) is 30.4 Å². The Balaban J connectivity index is 1.53. The molecular weight excluding hydrogens is 288 g/mol. The number of nitrogens with two attached hydrogens (primary N) is 1. The Bertz CT molecular complexity index is 522. The number of nitrogens with one attached hydrogen (secondary N) is 1. The predicted octanol–water partition coefficient (Wildman–Crippen LogP) is 1.72. The molecular formula is C18H28N4O. The predicted molar refractivity (Wildman–Crippen MR) is 93.2 cm³/mol. The van der Waals surface area contributed by atoms with Crippen molar-refractivity contribution in [2.75, 3.05) is 32.8 Å². The number of ether oxygens (including phenoxy) is 1. The summed E-state index contributed by atoms with van der Waals surface area (Å²) in [5.74, 6) is 1.36. The minimum absolute atomic E-state index is 0.568. The molecule has 126 valence electrons. The van der Waals surface area contributed by atoms with Gasteiger partial charge in [0.25, 0.3) is 0 Å². The fraction of sp³-hybridized carbons (Fsp3) is 0.611. The lowest BCUT2D eigenvalue weighted by molar-refractivity contribution is 0.0341. The van der Waals surface area contributed by atoms with Crippen LogP contribution in [0.1, 0.15) is 30.4 Å². The second kappa shape index (κ2) is 8.31. The van der Waals surface area contributed by atoms with E-state index in [9.17, 15) is 0 Å². The molecule has 0 atom stereocenters. The Morgan fingerprint density at radius 1 is 1.22 bits per heavy atom. The van der Waals surface area contributed by atoms with Crippen LogP contribution >= 0.6 is 0 Å². The summed E-state index contributed by atoms with van der Waals surface area (Å²) in [7, 11) is 0. The Labute approximate surface area is 138 Å². The van der Waals surface area contributed by atoms with E-state index in [-0.39, 0.29) is 0 Å². The van der Waals surface area contributed by atoms with Crippen molar-refractivity contribution < 1.29 is 4.74 Å². The Hall–Kier alpha value is -1.59. The zero-order chi connectivity index (χ0) is 15.9. The summed E-state index contributed by atoms with van der Waals surface area (Å²) in [4.78, 5) is 6.95. The number of hydrogen-bond acceptors (Lipinski definition) is 3. The van der Waals surface area contributed by atoms with Crippen LogP contribution in [0, 0.1) is 5.92 Å². The average Bonchev–Trinajstić information content (AvgIpc) is 2.53. The van der Waals surface area contributed by atoms with Crippen LogP contribution in [0.3, 0.4) is 0 Å². The fourth-order valence-corrected chi connectivity index (χ4v) is 3.04. The molecule has 0 aromatic heterocycles. The first-order valence-electron chi connectivity index (χ1n) is 8.72. The maximum atomic E-state index is 5.99. The summed E-state index contributed by atoms with van der Waals surface area (Å²) in [6.07, 6.45) is 4.00. The van der Waals surface area contributed by atoms with E-state index in [1.54, 1.807) is 0 Å². The van der Waals surface area contributed by atoms with E-state index in [0.29, 0.717) is 12.5 Å². The smallest absolute Gasteiger partial charge is 0.188 e. The quantitative estimate of drug-likeness (QED) is 0.620. The fourth-order valence-electron chi connectivity index (χ4n) is 3.04. The summed E-state index contributed by atoms with van der Waals surface area (Å²) in [6.45, 7) is 6.24. The Morgan fingerprint density at radius 2 is 1.96 bits per heavy atom. The zero-order valence-electron chi connectivity index (χ0n) is 13.8. The Kier molecular flexibility index (Phi) is 5.88. The first kappa shape index (κ1) is 16.3. The molecule has 1 saturated carbocycles. The van der Waals surface area contributed by atoms with Crippen LogP contribution in [0.5, 0.6) is 0 Å². The van der Waals surface area contributed by atoms with Crippen molar-refractivity contribution in [3.63, 3.8) is 0 Å². The van der Waals surface area contributed by atoms with Gasteiger partial charge in [0.1, 0.15) is 0 Å². The van der Waals surface area contributed by atoms with Crippen molar-refractivity contribution in [1.82, 2.24) is 10.2 Å². The van der Waals surface area contributed by atoms with Gasteiger partial charge in [-0.2, -0.15) is 0 Å². The minimum Gasteiger partial charge on any atom is -0.379 e. The van der Waals surface area contributed by atoms with Crippen molar-refractivity contribution >= 4 is 5.96 Å². The number of rotatable bonds is 6. The topological polar surface area (TPSA) is 62.9 Å². The highest BCUT2D eigenvalue weighted by atomic mass is 16.5. The van der Waals surface area contributed by atoms with Gasteiger partial charge in [0, 0.05) is 26.2 Å². The molecule has 2 fully saturated rings. The summed E-state index contributed by atoms with van der Waals surface area (Å²) in [5, 5.41) is 3.26. The van der Waals surface area contributed by atoms with Crippen molar-refractivity contribution in [2.45, 2.75) is 32.4 Å². The van der Waals surface area contributed by atoms with Crippen molar-refractivity contribution in [1.29, 1.82) is 0 Å². The lowest BCUT2D eigenvalue weighted by atomic mass is 9.85. The molecule has 0 amide bonds. The molecule has 3 N–H and O–H groups in total. The van der Waals surface area contributed by atoms with Crippen molar-refractivity contribution in [2.24, 2.45) is 16.6 Å². The number of guanidine groups is 1. The standard InChI is InChI=1S/C18H28N4O/c19-18(20-12-15-4-3-5-15)21-13-16-6-1-2-7-17(16)14-22-8-10-23-11-9-22/h1-2,6-7,15H,3-5,8-14H2,(H3,19,20,21). The van der Waals surface area contributed by atoms with Gasteiger partial charge in [0.2, 0.25) is 0 Å². The average molecular weight is 316 g/mol. The lowest BCUT2D eigenvalue weighted by Crippen LogP contribution is -2.37. The van der Waals surface area contributed by atoms with Crippen LogP contribution in [-0.4, -0.2) is 43.7 Å². The van der Waals surface area contributed by atoms with E-state index < -0.39 is 0 Å². The van der Waals surface area contributed by atoms with Crippen LogP contribution in [0.25, 0.3) is 0 Å². The van der Waals surface area contributed by atoms with Gasteiger partial charge in [0.15, 0.2) is 5.96 Å². The second-order valence-electron chi connectivity index (χ2n) is 6.54. The maximum absolute atomic E-state index is 5.99. The van der Waals surface area contributed by atoms with E-state index >= 15 is 0 Å². The molecule has 0 spiro atoms. The third kappa shape index (κ3) is 4.94. The third-order valence-electron chi connectivity index (χ3n) is 4.83. The van der Waals surface area contributed by atoms with Crippen LogP contribution < -0.4 is 11.1 Å². The molecule has 5 heteroatoms. The molecule has 1 aromatic carbocycles. The lowest BCUT2D eigenvalue weighted by Gasteiger charge is -2.27. The van der Waals surface area contributed by atoms with Gasteiger partial charge in [0.05, 0.1) is 19.8 Å². The van der Waals surface area contributed by atoms with Crippen LogP contribution in [-0.2, 0) is 17.8 Å². The van der Waals surface area contributed by atoms with Gasteiger partial charge in [-0.25, -0.2) is 4.99 Å². The summed E-state index contributed by atoms with van der Waals surface area (Å²) < 4.78 is 5.42. The molecule has 0 bridgehead atoms. The summed E-state index contributed by atoms with van der Waals surface area (Å²) in [6, 6.07) is 8.52. The highest BCUT2D eigenvalue weighted by Gasteiger charge is 2.17. The zero-order valence-corrected chi connectivity index (χ0v) is 13.8. The van der Waals surface area contributed by atoms with Gasteiger partial charge in [-0.1, -0.05) is 30.7 Å². The second-order valence-corrected chi connectivity index (χ2v) is 6.54. The van der Waals surface area contributed by atoms with Gasteiger partial charge in [-0.05, 0) is 29.9 Å². The molecule has 1 saturated heterocycles. The van der Waals surface area contributed by atoms with Gasteiger partial charge in [-0.15, -0.1) is 0 Å². The number of morpholine rings is 1. The van der Waals surface area contributed by atoms with E-state index in [2.05, 4.69) is 39.5 Å². The molecule has 1 heterocycles. The largest absolute Gasteiger partial charge is 0.379 e. The highest BCUT2D eigenvalue weighted by Crippen LogP contribution is 2.25. The first-order chi connectivity index (χ1) is 11.3. The van der Waals surface area contributed by atoms with Crippen LogP contribution in [0.4, 0.5) is 0 Å². The highest BCUT2D eigenvalue weighted by molar-refractivity contribution is 5.77. The molecule has 1 aromatic rings. The molecule has 1 aliphatic carbocycles. The third-order valence-corrected chi connectivity index (χ3v) is 4.83. The van der Waals surface area contributed by atoms with E-state index in [0.717, 1.165) is 45.3 Å². The molecule has 0 radical (unpaired) electrons. The van der Waals surface area contributed by atoms with Crippen molar-refractivity contribution in [3.05, 3.63) is 35.4 Å². The minimum atomic E-state index is 0.568. The molecule has 2 aliphatic rings. The molecule has 5 nitrogen and oxygen atoms in total. The van der Waals surface area contributed by atoms with E-state index in [1.807, 2.05) is 0 Å². The molecule has 3 rings (SSSR count). The maximum Gasteiger partial charge on any atom is 0.188 e. The number of hydrogen-bond donors (Lipinski definition) is 2. The van der Waals surface area contributed by atoms with Gasteiger partial charge in [-0.3, -0.25) is 4.90 Å². The monoisotopic (exact) mass is 316 g/mol. The summed E-state index contributed by atoms with van der Waals surface area (Å²) in [5.41, 5.74) is 8.59. The SMILES string of the molecule is NC(=NCc1ccccc1CN1CCOCC1)NCC1CCC1. The molecule has 23 heavy (non-hydrogen) atoms. The number of aliphatic imine (C=N–C) groups is 1. The number of nitrogens with zero attached hydrogens (tertiary/aromatic N) is 2. The van der Waals surface area contributed by atoms with Gasteiger partial charge < -0.3 is 15.8 Å². The molecule has 0 unspecified atom stereocenters. The van der Waals surface area contributed by atoms with Crippen LogP contribution in [0.2, 0.25) is 0 Å². The Morgan fingerprint density at radius 3 is 2.65 bits per heavy atom. The van der Waals surface area contributed by atoms with Crippen LogP contribution in [0.15, 0.2) is 29.3 Å². The number of benzene rings is 1. The normalized spacial score (nSPS) is 20.3. The van der Waals surface area contributed by atoms with Crippen molar-refractivity contribution in [3.8, 4) is 0 Å².